The maximum atomic E-state index is 12.1. The third kappa shape index (κ3) is 2.94. The molecule has 0 bridgehead atoms. The van der Waals surface area contributed by atoms with E-state index in [9.17, 15) is 19.5 Å². The molecular weight excluding hydrogens is 302 g/mol. The molecule has 0 atom stereocenters. The van der Waals surface area contributed by atoms with Crippen molar-refractivity contribution in [2.24, 2.45) is 0 Å². The molecule has 0 spiro atoms. The summed E-state index contributed by atoms with van der Waals surface area (Å²) in [7, 11) is 2.67. The largest absolute Gasteiger partial charge is 0.545 e. The zero-order valence-electron chi connectivity index (χ0n) is 12.8. The van der Waals surface area contributed by atoms with E-state index in [1.807, 2.05) is 0 Å². The van der Waals surface area contributed by atoms with Crippen LogP contribution in [0.5, 0.6) is 5.75 Å². The van der Waals surface area contributed by atoms with E-state index in [1.165, 1.54) is 25.7 Å². The molecule has 0 radical (unpaired) electrons. The van der Waals surface area contributed by atoms with Crippen LogP contribution in [0.2, 0.25) is 0 Å². The van der Waals surface area contributed by atoms with Crippen molar-refractivity contribution in [3.63, 3.8) is 0 Å². The quantitative estimate of drug-likeness (QED) is 0.613. The van der Waals surface area contributed by atoms with Gasteiger partial charge in [0.1, 0.15) is 5.75 Å². The SMILES string of the molecule is COC(=O)c1c(/C=C/C(=O)[O-])n(C(C)=O)c2ccc(OC)cc12. The summed E-state index contributed by atoms with van der Waals surface area (Å²) in [6, 6.07) is 4.82. The van der Waals surface area contributed by atoms with E-state index >= 15 is 0 Å². The monoisotopic (exact) mass is 316 g/mol. The average molecular weight is 316 g/mol. The minimum absolute atomic E-state index is 0.0779. The Labute approximate surface area is 131 Å². The van der Waals surface area contributed by atoms with Gasteiger partial charge in [0.25, 0.3) is 0 Å². The Balaban J connectivity index is 2.92. The Kier molecular flexibility index (Phi) is 4.49. The number of carbonyl (C=O) groups excluding carboxylic acids is 3. The molecule has 2 aromatic rings. The summed E-state index contributed by atoms with van der Waals surface area (Å²) in [6.07, 6.45) is 1.88. The van der Waals surface area contributed by atoms with Crippen molar-refractivity contribution >= 4 is 34.8 Å². The highest BCUT2D eigenvalue weighted by Crippen LogP contribution is 2.31. The van der Waals surface area contributed by atoms with Gasteiger partial charge in [-0.1, -0.05) is 0 Å². The normalized spacial score (nSPS) is 10.9. The number of esters is 1. The van der Waals surface area contributed by atoms with Crippen molar-refractivity contribution in [1.29, 1.82) is 0 Å². The van der Waals surface area contributed by atoms with E-state index in [0.717, 1.165) is 12.2 Å². The van der Waals surface area contributed by atoms with E-state index < -0.39 is 11.9 Å². The molecular formula is C16H14NO6-. The van der Waals surface area contributed by atoms with Crippen LogP contribution in [-0.2, 0) is 9.53 Å². The lowest BCUT2D eigenvalue weighted by Crippen LogP contribution is -2.19. The van der Waals surface area contributed by atoms with Crippen LogP contribution >= 0.6 is 0 Å². The number of rotatable bonds is 4. The minimum Gasteiger partial charge on any atom is -0.545 e. The predicted octanol–water partition coefficient (Wildman–Crippen LogP) is 0.860. The molecule has 0 aliphatic heterocycles. The average Bonchev–Trinajstić information content (AvgIpc) is 2.85. The summed E-state index contributed by atoms with van der Waals surface area (Å²) in [4.78, 5) is 34.8. The number of carboxylic acid groups (broad SMARTS) is 1. The summed E-state index contributed by atoms with van der Waals surface area (Å²) in [5, 5.41) is 11.1. The van der Waals surface area contributed by atoms with Gasteiger partial charge in [0.15, 0.2) is 0 Å². The Hall–Kier alpha value is -3.09. The molecule has 0 saturated carbocycles. The van der Waals surface area contributed by atoms with Gasteiger partial charge < -0.3 is 19.4 Å². The molecule has 1 aromatic carbocycles. The van der Waals surface area contributed by atoms with Gasteiger partial charge >= 0.3 is 5.97 Å². The summed E-state index contributed by atoms with van der Waals surface area (Å²) in [5.74, 6) is -2.04. The topological polar surface area (TPSA) is 97.7 Å². The van der Waals surface area contributed by atoms with Crippen molar-refractivity contribution in [2.75, 3.05) is 14.2 Å². The van der Waals surface area contributed by atoms with E-state index in [4.69, 9.17) is 9.47 Å². The standard InChI is InChI=1S/C16H15NO6/c1-9(18)17-12-5-4-10(22-2)8-11(12)15(16(21)23-3)13(17)6-7-14(19)20/h4-8H,1-3H3,(H,19,20)/p-1/b7-6+. The van der Waals surface area contributed by atoms with Crippen LogP contribution in [0.25, 0.3) is 17.0 Å². The highest BCUT2D eigenvalue weighted by atomic mass is 16.5. The summed E-state index contributed by atoms with van der Waals surface area (Å²) in [5.41, 5.74) is 0.627. The first-order valence-corrected chi connectivity index (χ1v) is 6.61. The molecule has 0 N–H and O–H groups in total. The number of fused-ring (bicyclic) bond motifs is 1. The first kappa shape index (κ1) is 16.3. The van der Waals surface area contributed by atoms with Crippen LogP contribution in [0.4, 0.5) is 0 Å². The van der Waals surface area contributed by atoms with Crippen molar-refractivity contribution in [3.8, 4) is 5.75 Å². The fraction of sp³-hybridized carbons (Fsp3) is 0.188. The second kappa shape index (κ2) is 6.35. The number of carboxylic acids is 1. The molecule has 0 saturated heterocycles. The molecule has 7 nitrogen and oxygen atoms in total. The molecule has 120 valence electrons. The Morgan fingerprint density at radius 3 is 2.43 bits per heavy atom. The second-order valence-electron chi connectivity index (χ2n) is 4.64. The van der Waals surface area contributed by atoms with Gasteiger partial charge in [0, 0.05) is 12.3 Å². The van der Waals surface area contributed by atoms with Gasteiger partial charge in [0.05, 0.1) is 37.0 Å². The Morgan fingerprint density at radius 2 is 1.91 bits per heavy atom. The van der Waals surface area contributed by atoms with E-state index in [2.05, 4.69) is 0 Å². The lowest BCUT2D eigenvalue weighted by molar-refractivity contribution is -0.297. The summed E-state index contributed by atoms with van der Waals surface area (Å²) >= 11 is 0. The van der Waals surface area contributed by atoms with Crippen LogP contribution in [0.3, 0.4) is 0 Å². The minimum atomic E-state index is -1.45. The maximum Gasteiger partial charge on any atom is 0.340 e. The first-order chi connectivity index (χ1) is 10.9. The van der Waals surface area contributed by atoms with Crippen molar-refractivity contribution < 1.29 is 29.0 Å². The molecule has 7 heteroatoms. The molecule has 0 unspecified atom stereocenters. The molecule has 1 heterocycles. The predicted molar refractivity (Wildman–Crippen MR) is 80.2 cm³/mol. The van der Waals surface area contributed by atoms with Gasteiger partial charge in [-0.3, -0.25) is 9.36 Å². The van der Waals surface area contributed by atoms with Crippen LogP contribution in [-0.4, -0.2) is 36.6 Å². The molecule has 0 amide bonds. The lowest BCUT2D eigenvalue weighted by atomic mass is 10.1. The van der Waals surface area contributed by atoms with Gasteiger partial charge in [-0.2, -0.15) is 0 Å². The number of nitrogens with zero attached hydrogens (tertiary/aromatic N) is 1. The molecule has 1 aromatic heterocycles. The van der Waals surface area contributed by atoms with Crippen LogP contribution < -0.4 is 9.84 Å². The van der Waals surface area contributed by atoms with Crippen molar-refractivity contribution in [2.45, 2.75) is 6.92 Å². The molecule has 2 rings (SSSR count). The zero-order chi connectivity index (χ0) is 17.1. The number of hydrogen-bond donors (Lipinski definition) is 0. The van der Waals surface area contributed by atoms with Crippen molar-refractivity contribution in [3.05, 3.63) is 35.5 Å². The first-order valence-electron chi connectivity index (χ1n) is 6.61. The molecule has 0 fully saturated rings. The van der Waals surface area contributed by atoms with Crippen LogP contribution in [0.1, 0.15) is 27.8 Å². The smallest absolute Gasteiger partial charge is 0.340 e. The number of methoxy groups -OCH3 is 2. The zero-order valence-corrected chi connectivity index (χ0v) is 12.8. The number of benzene rings is 1. The van der Waals surface area contributed by atoms with E-state index in [-0.39, 0.29) is 17.2 Å². The summed E-state index contributed by atoms with van der Waals surface area (Å²) < 4.78 is 11.1. The highest BCUT2D eigenvalue weighted by Gasteiger charge is 2.24. The number of ether oxygens (including phenoxy) is 2. The fourth-order valence-corrected chi connectivity index (χ4v) is 2.38. The fourth-order valence-electron chi connectivity index (χ4n) is 2.38. The van der Waals surface area contributed by atoms with Crippen LogP contribution in [0.15, 0.2) is 24.3 Å². The van der Waals surface area contributed by atoms with E-state index in [0.29, 0.717) is 16.7 Å². The van der Waals surface area contributed by atoms with Gasteiger partial charge in [-0.25, -0.2) is 4.79 Å². The Bertz CT molecular complexity index is 831. The van der Waals surface area contributed by atoms with Gasteiger partial charge in [0.2, 0.25) is 5.91 Å². The Morgan fingerprint density at radius 1 is 1.22 bits per heavy atom. The second-order valence-corrected chi connectivity index (χ2v) is 4.64. The number of aliphatic carboxylic acids is 1. The number of carbonyl (C=O) groups is 3. The van der Waals surface area contributed by atoms with Gasteiger partial charge in [-0.15, -0.1) is 0 Å². The van der Waals surface area contributed by atoms with Gasteiger partial charge in [-0.05, 0) is 30.4 Å². The van der Waals surface area contributed by atoms with Crippen molar-refractivity contribution in [1.82, 2.24) is 4.57 Å². The lowest BCUT2D eigenvalue weighted by Gasteiger charge is -2.04. The molecule has 23 heavy (non-hydrogen) atoms. The van der Waals surface area contributed by atoms with E-state index in [1.54, 1.807) is 18.2 Å². The third-order valence-electron chi connectivity index (χ3n) is 3.29. The van der Waals surface area contributed by atoms with Crippen LogP contribution in [0, 0.1) is 0 Å². The summed E-state index contributed by atoms with van der Waals surface area (Å²) in [6.45, 7) is 1.31. The number of hydrogen-bond acceptors (Lipinski definition) is 6. The third-order valence-corrected chi connectivity index (χ3v) is 3.29. The maximum absolute atomic E-state index is 12.1. The number of aromatic nitrogens is 1. The highest BCUT2D eigenvalue weighted by molar-refractivity contribution is 6.11. The molecule has 0 aliphatic rings. The molecule has 0 aliphatic carbocycles.